The number of piperidine rings is 1. The van der Waals surface area contributed by atoms with E-state index in [0.717, 1.165) is 45.2 Å². The van der Waals surface area contributed by atoms with Crippen LogP contribution in [-0.2, 0) is 0 Å². The van der Waals surface area contributed by atoms with E-state index in [4.69, 9.17) is 9.72 Å². The number of methoxy groups -OCH3 is 1. The van der Waals surface area contributed by atoms with Gasteiger partial charge >= 0.3 is 6.18 Å². The van der Waals surface area contributed by atoms with Crippen LogP contribution in [0.1, 0.15) is 55.4 Å². The number of hydrogen-bond donors (Lipinski definition) is 1. The topological polar surface area (TPSA) is 84.2 Å². The van der Waals surface area contributed by atoms with Crippen molar-refractivity contribution in [2.75, 3.05) is 26.7 Å². The van der Waals surface area contributed by atoms with Crippen molar-refractivity contribution in [1.29, 1.82) is 0 Å². The van der Waals surface area contributed by atoms with Gasteiger partial charge in [0.1, 0.15) is 11.3 Å². The lowest BCUT2D eigenvalue weighted by Crippen LogP contribution is -2.35. The molecule has 0 bridgehead atoms. The second kappa shape index (κ2) is 9.81. The Kier molecular flexibility index (Phi) is 6.73. The molecule has 0 atom stereocenters. The maximum atomic E-state index is 12.6. The van der Waals surface area contributed by atoms with E-state index in [0.29, 0.717) is 30.4 Å². The summed E-state index contributed by atoms with van der Waals surface area (Å²) in [5.74, 6) is 1.10. The number of ether oxygens (including phenoxy) is 1. The lowest BCUT2D eigenvalue weighted by atomic mass is 9.95. The standard InChI is InChI=1S/C24H28F3N7OS/c1-14(2)19-20(16-10-17(35-3)22-29-13-30-34(22)12-16)31-32-21(19)23-28-11-18(36-23)15-4-7-33(8-5-15)9-6-24(25,26)27/h10-15H,4-9H2,1-3H3,(H,31,32). The number of nitrogens with zero attached hydrogens (tertiary/aromatic N) is 6. The highest BCUT2D eigenvalue weighted by molar-refractivity contribution is 7.15. The number of aromatic nitrogens is 6. The summed E-state index contributed by atoms with van der Waals surface area (Å²) in [6, 6.07) is 1.91. The largest absolute Gasteiger partial charge is 0.493 e. The molecular formula is C24H28F3N7OS. The molecule has 1 fully saturated rings. The van der Waals surface area contributed by atoms with Gasteiger partial charge in [0.15, 0.2) is 11.4 Å². The van der Waals surface area contributed by atoms with E-state index >= 15 is 0 Å². The van der Waals surface area contributed by atoms with Crippen molar-refractivity contribution in [1.82, 2.24) is 34.7 Å². The fourth-order valence-electron chi connectivity index (χ4n) is 4.79. The number of nitrogens with one attached hydrogen (secondary N) is 1. The van der Waals surface area contributed by atoms with Crippen molar-refractivity contribution in [3.05, 3.63) is 35.2 Å². The third-order valence-electron chi connectivity index (χ3n) is 6.65. The van der Waals surface area contributed by atoms with Gasteiger partial charge in [0, 0.05) is 34.9 Å². The predicted octanol–water partition coefficient (Wildman–Crippen LogP) is 5.51. The molecule has 0 saturated carbocycles. The van der Waals surface area contributed by atoms with E-state index in [1.807, 2.05) is 23.4 Å². The zero-order valence-electron chi connectivity index (χ0n) is 20.3. The van der Waals surface area contributed by atoms with Crippen molar-refractivity contribution in [3.63, 3.8) is 0 Å². The quantitative estimate of drug-likeness (QED) is 0.347. The van der Waals surface area contributed by atoms with Gasteiger partial charge < -0.3 is 9.64 Å². The summed E-state index contributed by atoms with van der Waals surface area (Å²) in [4.78, 5) is 12.0. The van der Waals surface area contributed by atoms with Crippen LogP contribution in [0.4, 0.5) is 13.2 Å². The van der Waals surface area contributed by atoms with E-state index < -0.39 is 12.6 Å². The first kappa shape index (κ1) is 24.7. The van der Waals surface area contributed by atoms with Crippen LogP contribution in [0.25, 0.3) is 27.6 Å². The van der Waals surface area contributed by atoms with Gasteiger partial charge in [0.25, 0.3) is 0 Å². The Bertz CT molecular complexity index is 1340. The number of alkyl halides is 3. The van der Waals surface area contributed by atoms with E-state index in [1.54, 1.807) is 23.0 Å². The Balaban J connectivity index is 1.37. The molecule has 1 saturated heterocycles. The highest BCUT2D eigenvalue weighted by Crippen LogP contribution is 2.40. The molecule has 8 nitrogen and oxygen atoms in total. The van der Waals surface area contributed by atoms with E-state index in [2.05, 4.69) is 34.1 Å². The molecule has 0 aromatic carbocycles. The zero-order valence-corrected chi connectivity index (χ0v) is 21.2. The van der Waals surface area contributed by atoms with Crippen molar-refractivity contribution < 1.29 is 17.9 Å². The van der Waals surface area contributed by atoms with Crippen LogP contribution in [-0.4, -0.2) is 67.6 Å². The molecular weight excluding hydrogens is 491 g/mol. The summed E-state index contributed by atoms with van der Waals surface area (Å²) in [5.41, 5.74) is 4.25. The van der Waals surface area contributed by atoms with Crippen LogP contribution < -0.4 is 4.74 Å². The number of rotatable bonds is 7. The summed E-state index contributed by atoms with van der Waals surface area (Å²) < 4.78 is 44.9. The van der Waals surface area contributed by atoms with Crippen LogP contribution in [0.15, 0.2) is 24.8 Å². The predicted molar refractivity (Wildman–Crippen MR) is 131 cm³/mol. The molecule has 36 heavy (non-hydrogen) atoms. The maximum Gasteiger partial charge on any atom is 0.390 e. The number of H-pyrrole nitrogens is 1. The lowest BCUT2D eigenvalue weighted by Gasteiger charge is -2.31. The van der Waals surface area contributed by atoms with Crippen LogP contribution in [0.2, 0.25) is 0 Å². The van der Waals surface area contributed by atoms with E-state index in [-0.39, 0.29) is 12.5 Å². The minimum Gasteiger partial charge on any atom is -0.493 e. The Morgan fingerprint density at radius 3 is 2.69 bits per heavy atom. The van der Waals surface area contributed by atoms with Gasteiger partial charge in [-0.15, -0.1) is 11.3 Å². The fraction of sp³-hybridized carbons (Fsp3) is 0.500. The number of likely N-dealkylation sites (tertiary alicyclic amines) is 1. The fourth-order valence-corrected chi connectivity index (χ4v) is 5.88. The molecule has 4 aromatic rings. The number of pyridine rings is 1. The number of fused-ring (bicyclic) bond motifs is 1. The molecule has 1 N–H and O–H groups in total. The molecule has 4 aromatic heterocycles. The summed E-state index contributed by atoms with van der Waals surface area (Å²) in [5, 5.41) is 13.0. The summed E-state index contributed by atoms with van der Waals surface area (Å²) >= 11 is 1.63. The monoisotopic (exact) mass is 519 g/mol. The van der Waals surface area contributed by atoms with Gasteiger partial charge in [-0.05, 0) is 43.8 Å². The first-order chi connectivity index (χ1) is 17.2. The normalized spacial score (nSPS) is 15.9. The van der Waals surface area contributed by atoms with Gasteiger partial charge in [0.05, 0.1) is 24.9 Å². The average molecular weight is 520 g/mol. The van der Waals surface area contributed by atoms with Gasteiger partial charge in [-0.2, -0.15) is 23.4 Å². The van der Waals surface area contributed by atoms with Crippen molar-refractivity contribution >= 4 is 17.0 Å². The van der Waals surface area contributed by atoms with Crippen molar-refractivity contribution in [3.8, 4) is 27.7 Å². The van der Waals surface area contributed by atoms with Crippen LogP contribution in [0, 0.1) is 0 Å². The molecule has 192 valence electrons. The Morgan fingerprint density at radius 2 is 2.00 bits per heavy atom. The second-order valence-electron chi connectivity index (χ2n) is 9.39. The van der Waals surface area contributed by atoms with E-state index in [9.17, 15) is 13.2 Å². The molecule has 0 spiro atoms. The zero-order chi connectivity index (χ0) is 25.4. The first-order valence-corrected chi connectivity index (χ1v) is 12.8. The van der Waals surface area contributed by atoms with Crippen molar-refractivity contribution in [2.24, 2.45) is 0 Å². The maximum absolute atomic E-state index is 12.6. The van der Waals surface area contributed by atoms with E-state index in [1.165, 1.54) is 6.33 Å². The molecule has 0 aliphatic carbocycles. The molecule has 0 amide bonds. The smallest absolute Gasteiger partial charge is 0.390 e. The molecule has 12 heteroatoms. The molecule has 0 radical (unpaired) electrons. The van der Waals surface area contributed by atoms with Crippen LogP contribution in [0.3, 0.4) is 0 Å². The average Bonchev–Trinajstić information content (AvgIpc) is 3.60. The van der Waals surface area contributed by atoms with Gasteiger partial charge in [0.2, 0.25) is 0 Å². The first-order valence-electron chi connectivity index (χ1n) is 11.9. The number of hydrogen-bond acceptors (Lipinski definition) is 7. The third-order valence-corrected chi connectivity index (χ3v) is 7.83. The highest BCUT2D eigenvalue weighted by atomic mass is 32.1. The SMILES string of the molecule is COc1cc(-c2n[nH]c(-c3ncc(C4CCN(CCC(F)(F)F)CC4)s3)c2C(C)C)cn2ncnc12. The Hall–Kier alpha value is -2.99. The molecule has 5 heterocycles. The third kappa shape index (κ3) is 4.96. The number of aromatic amines is 1. The minimum absolute atomic E-state index is 0.0734. The van der Waals surface area contributed by atoms with Crippen LogP contribution in [0.5, 0.6) is 5.75 Å². The molecule has 1 aliphatic heterocycles. The highest BCUT2D eigenvalue weighted by Gasteiger charge is 2.30. The second-order valence-corrected chi connectivity index (χ2v) is 10.5. The van der Waals surface area contributed by atoms with Gasteiger partial charge in [-0.25, -0.2) is 14.5 Å². The van der Waals surface area contributed by atoms with Gasteiger partial charge in [-0.3, -0.25) is 5.10 Å². The summed E-state index contributed by atoms with van der Waals surface area (Å²) in [6.45, 7) is 5.66. The van der Waals surface area contributed by atoms with Crippen LogP contribution >= 0.6 is 11.3 Å². The molecule has 0 unspecified atom stereocenters. The number of thiazole rings is 1. The van der Waals surface area contributed by atoms with Crippen molar-refractivity contribution in [2.45, 2.75) is 51.1 Å². The Morgan fingerprint density at radius 1 is 1.22 bits per heavy atom. The Labute approximate surface area is 210 Å². The lowest BCUT2D eigenvalue weighted by molar-refractivity contribution is -0.138. The summed E-state index contributed by atoms with van der Waals surface area (Å²) in [6.07, 6.45) is 2.09. The number of halogens is 3. The van der Waals surface area contributed by atoms with Gasteiger partial charge in [-0.1, -0.05) is 13.8 Å². The molecule has 1 aliphatic rings. The summed E-state index contributed by atoms with van der Waals surface area (Å²) in [7, 11) is 1.60. The molecule has 5 rings (SSSR count). The minimum atomic E-state index is -4.10.